The molecule has 0 spiro atoms. The molecule has 1 rings (SSSR count). The molecule has 0 saturated carbocycles. The number of aliphatic hydroxyl groups excluding tert-OH is 5. The number of hydrogen-bond acceptors (Lipinski definition) is 8. The maximum absolute atomic E-state index is 12.9. The second kappa shape index (κ2) is 38.2. The number of rotatable bonds is 40. The lowest BCUT2D eigenvalue weighted by Gasteiger charge is -2.40. The molecule has 0 aromatic heterocycles. The van der Waals surface area contributed by atoms with Crippen LogP contribution in [0.5, 0.6) is 0 Å². The quantitative estimate of drug-likeness (QED) is 0.0265. The van der Waals surface area contributed by atoms with E-state index in [9.17, 15) is 30.3 Å². The van der Waals surface area contributed by atoms with E-state index in [-0.39, 0.29) is 12.5 Å². The summed E-state index contributed by atoms with van der Waals surface area (Å²) in [6, 6.07) is -0.797. The molecule has 7 unspecified atom stereocenters. The largest absolute Gasteiger partial charge is 0.394 e. The van der Waals surface area contributed by atoms with Crippen molar-refractivity contribution in [1.82, 2.24) is 5.32 Å². The van der Waals surface area contributed by atoms with E-state index >= 15 is 0 Å². The summed E-state index contributed by atoms with van der Waals surface area (Å²) in [6.07, 6.45) is 37.1. The first-order chi connectivity index (χ1) is 27.3. The lowest BCUT2D eigenvalue weighted by molar-refractivity contribution is -0.302. The van der Waals surface area contributed by atoms with Gasteiger partial charge in [0, 0.05) is 6.42 Å². The summed E-state index contributed by atoms with van der Waals surface area (Å²) >= 11 is 0. The van der Waals surface area contributed by atoms with Crippen molar-refractivity contribution in [2.75, 3.05) is 13.2 Å². The fourth-order valence-electron chi connectivity index (χ4n) is 7.75. The lowest BCUT2D eigenvalue weighted by Crippen LogP contribution is -2.60. The Labute approximate surface area is 344 Å². The molecule has 0 aliphatic carbocycles. The number of unbranched alkanes of at least 4 members (excludes halogenated alkanes) is 30. The predicted octanol–water partition coefficient (Wildman–Crippen LogP) is 10.1. The highest BCUT2D eigenvalue weighted by atomic mass is 16.7. The van der Waals surface area contributed by atoms with Gasteiger partial charge >= 0.3 is 0 Å². The molecule has 1 aliphatic rings. The summed E-state index contributed by atoms with van der Waals surface area (Å²) < 4.78 is 11.2. The van der Waals surface area contributed by atoms with Gasteiger partial charge in [0.2, 0.25) is 5.91 Å². The molecular weight excluding hydrogens is 707 g/mol. The molecule has 7 atom stereocenters. The van der Waals surface area contributed by atoms with Crippen molar-refractivity contribution in [3.63, 3.8) is 0 Å². The van der Waals surface area contributed by atoms with Crippen molar-refractivity contribution in [3.8, 4) is 0 Å². The zero-order chi connectivity index (χ0) is 40.9. The van der Waals surface area contributed by atoms with Crippen molar-refractivity contribution >= 4 is 5.91 Å². The highest BCUT2D eigenvalue weighted by Crippen LogP contribution is 2.23. The predicted molar refractivity (Wildman–Crippen MR) is 231 cm³/mol. The topological polar surface area (TPSA) is 149 Å². The molecule has 0 aromatic rings. The Kier molecular flexibility index (Phi) is 36.1. The van der Waals surface area contributed by atoms with E-state index in [0.717, 1.165) is 38.5 Å². The van der Waals surface area contributed by atoms with Crippen LogP contribution in [-0.4, -0.2) is 87.5 Å². The summed E-state index contributed by atoms with van der Waals surface area (Å²) in [7, 11) is 0. The number of allylic oxidation sites excluding steroid dienone is 1. The third-order valence-electron chi connectivity index (χ3n) is 11.6. The summed E-state index contributed by atoms with van der Waals surface area (Å²) in [5.74, 6) is -0.175. The van der Waals surface area contributed by atoms with Gasteiger partial charge in [0.1, 0.15) is 24.4 Å². The van der Waals surface area contributed by atoms with Crippen LogP contribution in [0.2, 0.25) is 0 Å². The summed E-state index contributed by atoms with van der Waals surface area (Å²) in [5.41, 5.74) is 0. The lowest BCUT2D eigenvalue weighted by atomic mass is 9.99. The van der Waals surface area contributed by atoms with Gasteiger partial charge in [-0.3, -0.25) is 4.79 Å². The highest BCUT2D eigenvalue weighted by molar-refractivity contribution is 5.76. The zero-order valence-electron chi connectivity index (χ0n) is 36.4. The van der Waals surface area contributed by atoms with E-state index in [1.807, 2.05) is 6.08 Å². The van der Waals surface area contributed by atoms with Gasteiger partial charge in [0.15, 0.2) is 6.29 Å². The van der Waals surface area contributed by atoms with E-state index in [1.54, 1.807) is 6.08 Å². The maximum Gasteiger partial charge on any atom is 0.220 e. The minimum atomic E-state index is -1.56. The average Bonchev–Trinajstić information content (AvgIpc) is 3.20. The van der Waals surface area contributed by atoms with Gasteiger partial charge in [-0.05, 0) is 19.3 Å². The number of aliphatic hydroxyl groups is 5. The smallest absolute Gasteiger partial charge is 0.220 e. The number of carbonyl (C=O) groups excluding carboxylic acids is 1. The molecule has 1 heterocycles. The first kappa shape index (κ1) is 52.9. The summed E-state index contributed by atoms with van der Waals surface area (Å²) in [5, 5.41) is 54.0. The molecule has 1 fully saturated rings. The van der Waals surface area contributed by atoms with E-state index in [0.29, 0.717) is 6.42 Å². The monoisotopic (exact) mass is 798 g/mol. The Morgan fingerprint density at radius 2 is 0.982 bits per heavy atom. The zero-order valence-corrected chi connectivity index (χ0v) is 36.4. The van der Waals surface area contributed by atoms with Gasteiger partial charge in [-0.2, -0.15) is 0 Å². The van der Waals surface area contributed by atoms with Crippen molar-refractivity contribution in [2.45, 2.75) is 269 Å². The van der Waals surface area contributed by atoms with Crippen LogP contribution in [0.1, 0.15) is 226 Å². The number of ether oxygens (including phenoxy) is 2. The Balaban J connectivity index is 2.19. The molecule has 9 nitrogen and oxygen atoms in total. The minimum absolute atomic E-state index is 0.175. The molecule has 1 amide bonds. The van der Waals surface area contributed by atoms with E-state index in [4.69, 9.17) is 9.47 Å². The minimum Gasteiger partial charge on any atom is -0.394 e. The van der Waals surface area contributed by atoms with Gasteiger partial charge in [-0.1, -0.05) is 212 Å². The number of nitrogens with one attached hydrogen (secondary N) is 1. The van der Waals surface area contributed by atoms with Crippen LogP contribution in [0.4, 0.5) is 0 Å². The first-order valence-corrected chi connectivity index (χ1v) is 23.9. The van der Waals surface area contributed by atoms with E-state index < -0.39 is 49.5 Å². The van der Waals surface area contributed by atoms with Crippen LogP contribution >= 0.6 is 0 Å². The normalized spacial score (nSPS) is 21.2. The van der Waals surface area contributed by atoms with Gasteiger partial charge < -0.3 is 40.3 Å². The molecule has 1 saturated heterocycles. The highest BCUT2D eigenvalue weighted by Gasteiger charge is 2.44. The maximum atomic E-state index is 12.9. The fraction of sp³-hybridized carbons (Fsp3) is 0.936. The van der Waals surface area contributed by atoms with Crippen LogP contribution in [0.3, 0.4) is 0 Å². The Morgan fingerprint density at radius 3 is 1.39 bits per heavy atom. The van der Waals surface area contributed by atoms with Crippen LogP contribution < -0.4 is 5.32 Å². The molecule has 332 valence electrons. The second-order valence-electron chi connectivity index (χ2n) is 16.9. The molecule has 9 heteroatoms. The van der Waals surface area contributed by atoms with E-state index in [2.05, 4.69) is 19.2 Å². The van der Waals surface area contributed by atoms with Crippen LogP contribution in [0.25, 0.3) is 0 Å². The molecule has 0 radical (unpaired) electrons. The fourth-order valence-corrected chi connectivity index (χ4v) is 7.75. The van der Waals surface area contributed by atoms with Crippen LogP contribution in [-0.2, 0) is 14.3 Å². The van der Waals surface area contributed by atoms with Crippen molar-refractivity contribution in [3.05, 3.63) is 12.2 Å². The Bertz CT molecular complexity index is 888. The Hall–Kier alpha value is -1.07. The molecule has 1 aliphatic heterocycles. The first-order valence-electron chi connectivity index (χ1n) is 23.9. The summed E-state index contributed by atoms with van der Waals surface area (Å²) in [4.78, 5) is 12.9. The summed E-state index contributed by atoms with van der Waals surface area (Å²) in [6.45, 7) is 3.75. The third-order valence-corrected chi connectivity index (χ3v) is 11.6. The third kappa shape index (κ3) is 28.4. The van der Waals surface area contributed by atoms with Crippen molar-refractivity contribution in [1.29, 1.82) is 0 Å². The number of hydrogen-bond donors (Lipinski definition) is 6. The molecule has 0 bridgehead atoms. The van der Waals surface area contributed by atoms with Crippen LogP contribution in [0.15, 0.2) is 12.2 Å². The standard InChI is InChI=1S/C47H91NO8/c1-3-5-7-9-11-13-14-15-16-17-18-19-20-21-22-23-24-25-26-27-29-31-33-35-37-43(51)48-40(41(50)36-34-32-30-28-12-10-8-6-4-2)39-55-47-46(54)45(53)44(52)42(38-49)56-47/h34,36,40-42,44-47,49-50,52-54H,3-33,35,37-39H2,1-2H3,(H,48,51)/b36-34+. The average molecular weight is 798 g/mol. The molecule has 0 aromatic carbocycles. The van der Waals surface area contributed by atoms with Crippen LogP contribution in [0, 0.1) is 0 Å². The van der Waals surface area contributed by atoms with Gasteiger partial charge in [0.25, 0.3) is 0 Å². The van der Waals surface area contributed by atoms with Gasteiger partial charge in [-0.15, -0.1) is 0 Å². The van der Waals surface area contributed by atoms with Gasteiger partial charge in [-0.25, -0.2) is 0 Å². The molecular formula is C47H91NO8. The number of amides is 1. The van der Waals surface area contributed by atoms with E-state index in [1.165, 1.54) is 167 Å². The SMILES string of the molecule is CCCCCCCCC/C=C/C(O)C(COC1OC(CO)C(O)C(O)C1O)NC(=O)CCCCCCCCCCCCCCCCCCCCCCCCCC. The van der Waals surface area contributed by atoms with Crippen molar-refractivity contribution in [2.24, 2.45) is 0 Å². The molecule has 6 N–H and O–H groups in total. The molecule has 56 heavy (non-hydrogen) atoms. The number of carbonyl (C=O) groups is 1. The Morgan fingerprint density at radius 1 is 0.589 bits per heavy atom. The van der Waals surface area contributed by atoms with Gasteiger partial charge in [0.05, 0.1) is 25.4 Å². The second-order valence-corrected chi connectivity index (χ2v) is 16.9. The van der Waals surface area contributed by atoms with Crippen molar-refractivity contribution < 1.29 is 39.8 Å².